The Hall–Kier alpha value is -3.36. The lowest BCUT2D eigenvalue weighted by atomic mass is 10.1. The number of anilines is 3. The van der Waals surface area contributed by atoms with Crippen molar-refractivity contribution in [2.75, 3.05) is 69.9 Å². The van der Waals surface area contributed by atoms with Crippen molar-refractivity contribution in [2.24, 2.45) is 0 Å². The molecule has 2 aromatic carbocycles. The molecule has 3 aromatic rings. The summed E-state index contributed by atoms with van der Waals surface area (Å²) in [6.07, 6.45) is 1.77. The molecule has 1 fully saturated rings. The van der Waals surface area contributed by atoms with Crippen molar-refractivity contribution in [3.63, 3.8) is 0 Å². The minimum Gasteiger partial charge on any atom is -0.491 e. The number of nitrogens with zero attached hydrogens (tertiary/aromatic N) is 4. The molecule has 1 N–H and O–H groups in total. The van der Waals surface area contributed by atoms with Gasteiger partial charge in [-0.05, 0) is 31.3 Å². The van der Waals surface area contributed by atoms with Crippen LogP contribution in [0.15, 0.2) is 54.7 Å². The summed E-state index contributed by atoms with van der Waals surface area (Å²) in [6, 6.07) is 16.0. The first-order chi connectivity index (χ1) is 16.2. The molecule has 172 valence electrons. The van der Waals surface area contributed by atoms with E-state index in [2.05, 4.69) is 39.3 Å². The fraction of sp³-hybridized carbons (Fsp3) is 0.360. The zero-order chi connectivity index (χ0) is 22.5. The Morgan fingerprint density at radius 3 is 2.52 bits per heavy atom. The van der Waals surface area contributed by atoms with E-state index in [9.17, 15) is 0 Å². The number of hydrogen-bond donors (Lipinski definition) is 1. The van der Waals surface area contributed by atoms with Gasteiger partial charge in [-0.2, -0.15) is 0 Å². The van der Waals surface area contributed by atoms with E-state index in [1.54, 1.807) is 6.20 Å². The van der Waals surface area contributed by atoms with Crippen LogP contribution in [0.1, 0.15) is 0 Å². The van der Waals surface area contributed by atoms with Crippen LogP contribution in [0.3, 0.4) is 0 Å². The molecule has 0 saturated carbocycles. The molecule has 8 nitrogen and oxygen atoms in total. The predicted octanol–water partition coefficient (Wildman–Crippen LogP) is 3.43. The van der Waals surface area contributed by atoms with Gasteiger partial charge in [-0.3, -0.25) is 0 Å². The number of benzene rings is 2. The quantitative estimate of drug-likeness (QED) is 0.609. The van der Waals surface area contributed by atoms with E-state index in [1.807, 2.05) is 36.4 Å². The predicted molar refractivity (Wildman–Crippen MR) is 129 cm³/mol. The van der Waals surface area contributed by atoms with Crippen LogP contribution < -0.4 is 19.7 Å². The van der Waals surface area contributed by atoms with Crippen LogP contribution in [-0.2, 0) is 4.74 Å². The first-order valence-electron chi connectivity index (χ1n) is 11.4. The first kappa shape index (κ1) is 21.5. The fourth-order valence-electron chi connectivity index (χ4n) is 3.98. The molecule has 0 unspecified atom stereocenters. The summed E-state index contributed by atoms with van der Waals surface area (Å²) in [5, 5.41) is 3.37. The average Bonchev–Trinajstić information content (AvgIpc) is 2.84. The molecule has 0 radical (unpaired) electrons. The van der Waals surface area contributed by atoms with E-state index in [1.165, 1.54) is 0 Å². The number of rotatable bonds is 1. The van der Waals surface area contributed by atoms with Gasteiger partial charge >= 0.3 is 0 Å². The standard InChI is InChI=1S/C25H29N5O3/c1-29-7-9-30(10-8-29)21-16-20-17-23(18-21)33-14-12-31-11-13-32-22-4-2-3-19(15-22)24-5-6-26-25(27-20)28-24/h2-6,15-18H,7-14H2,1H3,(H,26,27,28). The van der Waals surface area contributed by atoms with Gasteiger partial charge in [0.25, 0.3) is 0 Å². The summed E-state index contributed by atoms with van der Waals surface area (Å²) in [7, 11) is 2.16. The van der Waals surface area contributed by atoms with Crippen LogP contribution in [0.5, 0.6) is 11.5 Å². The van der Waals surface area contributed by atoms with Gasteiger partial charge in [0.05, 0.1) is 18.9 Å². The Morgan fingerprint density at radius 1 is 0.848 bits per heavy atom. The number of fused-ring (bicyclic) bond motifs is 7. The second kappa shape index (κ2) is 10.1. The number of likely N-dealkylation sites (N-methyl/N-ethyl adjacent to an activating group) is 1. The zero-order valence-electron chi connectivity index (χ0n) is 18.9. The molecule has 5 rings (SSSR count). The molecule has 0 amide bonds. The third kappa shape index (κ3) is 5.53. The van der Waals surface area contributed by atoms with Gasteiger partial charge in [-0.1, -0.05) is 12.1 Å². The molecule has 0 aliphatic carbocycles. The summed E-state index contributed by atoms with van der Waals surface area (Å²) < 4.78 is 17.6. The lowest BCUT2D eigenvalue weighted by Crippen LogP contribution is -2.44. The van der Waals surface area contributed by atoms with Crippen molar-refractivity contribution in [3.05, 3.63) is 54.7 Å². The molecule has 1 saturated heterocycles. The number of ether oxygens (including phenoxy) is 3. The van der Waals surface area contributed by atoms with Crippen molar-refractivity contribution in [1.29, 1.82) is 0 Å². The van der Waals surface area contributed by atoms with E-state index < -0.39 is 0 Å². The van der Waals surface area contributed by atoms with Crippen molar-refractivity contribution in [3.8, 4) is 22.8 Å². The van der Waals surface area contributed by atoms with Crippen molar-refractivity contribution >= 4 is 17.3 Å². The van der Waals surface area contributed by atoms with Gasteiger partial charge in [0.2, 0.25) is 5.95 Å². The van der Waals surface area contributed by atoms with Crippen LogP contribution in [-0.4, -0.2) is 74.5 Å². The second-order valence-corrected chi connectivity index (χ2v) is 8.23. The van der Waals surface area contributed by atoms with Crippen LogP contribution in [0.2, 0.25) is 0 Å². The molecule has 8 heteroatoms. The van der Waals surface area contributed by atoms with Crippen molar-refractivity contribution in [2.45, 2.75) is 0 Å². The molecule has 0 spiro atoms. The molecule has 1 aromatic heterocycles. The number of aromatic nitrogens is 2. The monoisotopic (exact) mass is 447 g/mol. The Labute approximate surface area is 194 Å². The zero-order valence-corrected chi connectivity index (χ0v) is 18.9. The second-order valence-electron chi connectivity index (χ2n) is 8.23. The Kier molecular flexibility index (Phi) is 6.55. The largest absolute Gasteiger partial charge is 0.491 e. The van der Waals surface area contributed by atoms with Gasteiger partial charge in [-0.15, -0.1) is 0 Å². The van der Waals surface area contributed by atoms with E-state index >= 15 is 0 Å². The van der Waals surface area contributed by atoms with Crippen LogP contribution in [0.25, 0.3) is 11.3 Å². The molecule has 6 bridgehead atoms. The van der Waals surface area contributed by atoms with Gasteiger partial charge < -0.3 is 29.3 Å². The number of piperazine rings is 1. The van der Waals surface area contributed by atoms with Crippen LogP contribution in [0.4, 0.5) is 17.3 Å². The molecular formula is C25H29N5O3. The summed E-state index contributed by atoms with van der Waals surface area (Å²) in [6.45, 7) is 5.96. The fourth-order valence-corrected chi connectivity index (χ4v) is 3.98. The van der Waals surface area contributed by atoms with E-state index in [0.29, 0.717) is 32.4 Å². The van der Waals surface area contributed by atoms with Gasteiger partial charge in [-0.25, -0.2) is 9.97 Å². The minimum absolute atomic E-state index is 0.465. The highest BCUT2D eigenvalue weighted by Crippen LogP contribution is 2.30. The third-order valence-electron chi connectivity index (χ3n) is 5.79. The van der Waals surface area contributed by atoms with Crippen molar-refractivity contribution in [1.82, 2.24) is 14.9 Å². The van der Waals surface area contributed by atoms with E-state index in [0.717, 1.165) is 60.3 Å². The van der Waals surface area contributed by atoms with Gasteiger partial charge in [0.1, 0.15) is 24.7 Å². The smallest absolute Gasteiger partial charge is 0.227 e. The summed E-state index contributed by atoms with van der Waals surface area (Å²) in [5.41, 5.74) is 3.81. The lowest BCUT2D eigenvalue weighted by Gasteiger charge is -2.34. The maximum absolute atomic E-state index is 6.03. The highest BCUT2D eigenvalue weighted by atomic mass is 16.5. The highest BCUT2D eigenvalue weighted by molar-refractivity contribution is 5.67. The maximum atomic E-state index is 6.03. The third-order valence-corrected chi connectivity index (χ3v) is 5.79. The summed E-state index contributed by atoms with van der Waals surface area (Å²) in [4.78, 5) is 13.9. The highest BCUT2D eigenvalue weighted by Gasteiger charge is 2.16. The Bertz CT molecular complexity index is 1090. The summed E-state index contributed by atoms with van der Waals surface area (Å²) in [5.74, 6) is 2.11. The maximum Gasteiger partial charge on any atom is 0.227 e. The molecular weight excluding hydrogens is 418 g/mol. The Morgan fingerprint density at radius 2 is 1.67 bits per heavy atom. The topological polar surface area (TPSA) is 72.0 Å². The molecule has 33 heavy (non-hydrogen) atoms. The molecule has 3 heterocycles. The van der Waals surface area contributed by atoms with E-state index in [-0.39, 0.29) is 0 Å². The average molecular weight is 448 g/mol. The number of nitrogens with one attached hydrogen (secondary N) is 1. The molecule has 0 atom stereocenters. The lowest BCUT2D eigenvalue weighted by molar-refractivity contribution is 0.0764. The summed E-state index contributed by atoms with van der Waals surface area (Å²) >= 11 is 0. The minimum atomic E-state index is 0.465. The van der Waals surface area contributed by atoms with Gasteiger partial charge in [0, 0.05) is 61.4 Å². The normalized spacial score (nSPS) is 17.3. The molecule has 2 aliphatic heterocycles. The van der Waals surface area contributed by atoms with Crippen LogP contribution >= 0.6 is 0 Å². The molecule has 2 aliphatic rings. The van der Waals surface area contributed by atoms with E-state index in [4.69, 9.17) is 19.2 Å². The Balaban J connectivity index is 1.47. The van der Waals surface area contributed by atoms with Gasteiger partial charge in [0.15, 0.2) is 0 Å². The van der Waals surface area contributed by atoms with Crippen LogP contribution in [0, 0.1) is 0 Å². The van der Waals surface area contributed by atoms with Crippen molar-refractivity contribution < 1.29 is 14.2 Å². The number of hydrogen-bond acceptors (Lipinski definition) is 8. The first-order valence-corrected chi connectivity index (χ1v) is 11.4. The SMILES string of the molecule is CN1CCN(c2cc3cc(c2)OCCOCCOc2cccc(c2)-c2ccnc(n2)N3)CC1.